The normalized spacial score (nSPS) is 10.9. The van der Waals surface area contributed by atoms with Gasteiger partial charge in [-0.05, 0) is 41.8 Å². The number of hydrazone groups is 1. The van der Waals surface area contributed by atoms with Crippen LogP contribution in [0.5, 0.6) is 0 Å². The van der Waals surface area contributed by atoms with Crippen molar-refractivity contribution in [2.45, 2.75) is 13.5 Å². The Balaban J connectivity index is 1.89. The number of rotatable bonds is 4. The molecule has 2 rings (SSSR count). The van der Waals surface area contributed by atoms with Gasteiger partial charge in [0, 0.05) is 9.50 Å². The molecule has 0 heterocycles. The number of hydrogen-bond donors (Lipinski definition) is 1. The second-order valence-corrected chi connectivity index (χ2v) is 5.52. The molecule has 0 radical (unpaired) electrons. The van der Waals surface area contributed by atoms with Gasteiger partial charge in [-0.25, -0.2) is 0 Å². The van der Waals surface area contributed by atoms with Gasteiger partial charge in [-0.1, -0.05) is 51.8 Å². The summed E-state index contributed by atoms with van der Waals surface area (Å²) in [5, 5.41) is 4.95. The highest BCUT2D eigenvalue weighted by Gasteiger charge is 1.95. The van der Waals surface area contributed by atoms with Crippen LogP contribution in [0.15, 0.2) is 52.0 Å². The third-order valence-corrected chi connectivity index (χ3v) is 3.80. The maximum Gasteiger partial charge on any atom is 0.0580 e. The van der Waals surface area contributed by atoms with Crippen LogP contribution in [-0.2, 0) is 6.54 Å². The van der Waals surface area contributed by atoms with Crippen molar-refractivity contribution in [1.82, 2.24) is 5.43 Å². The minimum atomic E-state index is 0.681. The van der Waals surface area contributed by atoms with Crippen molar-refractivity contribution in [3.63, 3.8) is 0 Å². The Morgan fingerprint density at radius 3 is 2.63 bits per heavy atom. The summed E-state index contributed by atoms with van der Waals surface area (Å²) < 4.78 is 1.09. The molecule has 19 heavy (non-hydrogen) atoms. The summed E-state index contributed by atoms with van der Waals surface area (Å²) in [6.45, 7) is 2.74. The average molecular weight is 338 g/mol. The van der Waals surface area contributed by atoms with Crippen molar-refractivity contribution in [2.24, 2.45) is 5.10 Å². The third kappa shape index (κ3) is 4.37. The predicted molar refractivity (Wildman–Crippen MR) is 84.8 cm³/mol. The molecule has 0 aliphatic rings. The number of nitrogens with zero attached hydrogens (tertiary/aromatic N) is 1. The smallest absolute Gasteiger partial charge is 0.0580 e. The predicted octanol–water partition coefficient (Wildman–Crippen LogP) is 4.53. The van der Waals surface area contributed by atoms with Crippen LogP contribution in [0.2, 0.25) is 5.02 Å². The van der Waals surface area contributed by atoms with Gasteiger partial charge in [0.15, 0.2) is 0 Å². The van der Waals surface area contributed by atoms with E-state index >= 15 is 0 Å². The Morgan fingerprint density at radius 1 is 1.21 bits per heavy atom. The van der Waals surface area contributed by atoms with E-state index in [1.165, 1.54) is 5.56 Å². The molecule has 2 aromatic carbocycles. The Hall–Kier alpha value is -1.32. The summed E-state index contributed by atoms with van der Waals surface area (Å²) in [5.41, 5.74) is 6.43. The molecule has 0 saturated carbocycles. The monoisotopic (exact) mass is 336 g/mol. The zero-order valence-electron chi connectivity index (χ0n) is 10.5. The molecule has 1 N–H and O–H groups in total. The summed E-state index contributed by atoms with van der Waals surface area (Å²) in [4.78, 5) is 0. The lowest BCUT2D eigenvalue weighted by atomic mass is 10.2. The van der Waals surface area contributed by atoms with Gasteiger partial charge < -0.3 is 5.43 Å². The zero-order chi connectivity index (χ0) is 13.7. The molecule has 0 amide bonds. The number of halogens is 2. The molecule has 0 aliphatic heterocycles. The van der Waals surface area contributed by atoms with Gasteiger partial charge in [0.25, 0.3) is 0 Å². The molecule has 0 saturated heterocycles. The van der Waals surface area contributed by atoms with Crippen molar-refractivity contribution < 1.29 is 0 Å². The van der Waals surface area contributed by atoms with E-state index in [1.54, 1.807) is 6.21 Å². The average Bonchev–Trinajstić information content (AvgIpc) is 2.41. The molecule has 0 atom stereocenters. The summed E-state index contributed by atoms with van der Waals surface area (Å²) in [6.07, 6.45) is 1.81. The van der Waals surface area contributed by atoms with Gasteiger partial charge in [0.2, 0.25) is 0 Å². The van der Waals surface area contributed by atoms with Gasteiger partial charge in [-0.2, -0.15) is 5.10 Å². The molecule has 0 unspecified atom stereocenters. The molecule has 0 spiro atoms. The first-order valence-electron chi connectivity index (χ1n) is 5.91. The Kier molecular flexibility index (Phi) is 5.00. The number of nitrogens with one attached hydrogen (secondary N) is 1. The van der Waals surface area contributed by atoms with E-state index in [1.807, 2.05) is 36.4 Å². The van der Waals surface area contributed by atoms with E-state index in [9.17, 15) is 0 Å². The first-order chi connectivity index (χ1) is 9.15. The largest absolute Gasteiger partial charge is 0.306 e. The van der Waals surface area contributed by atoms with Gasteiger partial charge in [0.05, 0.1) is 12.8 Å². The lowest BCUT2D eigenvalue weighted by molar-refractivity contribution is 0.748. The van der Waals surface area contributed by atoms with Crippen LogP contribution in [0.1, 0.15) is 16.7 Å². The van der Waals surface area contributed by atoms with Crippen molar-refractivity contribution >= 4 is 33.7 Å². The van der Waals surface area contributed by atoms with Gasteiger partial charge in [-0.15, -0.1) is 0 Å². The quantitative estimate of drug-likeness (QED) is 0.643. The first-order valence-corrected chi connectivity index (χ1v) is 7.09. The fourth-order valence-corrected chi connectivity index (χ4v) is 2.07. The van der Waals surface area contributed by atoms with Gasteiger partial charge in [-0.3, -0.25) is 0 Å². The Bertz CT molecular complexity index is 579. The van der Waals surface area contributed by atoms with Crippen molar-refractivity contribution in [2.75, 3.05) is 0 Å². The molecule has 0 bridgehead atoms. The first kappa shape index (κ1) is 14.1. The zero-order valence-corrected chi connectivity index (χ0v) is 12.9. The molecule has 98 valence electrons. The van der Waals surface area contributed by atoms with Crippen molar-refractivity contribution in [3.05, 3.63) is 68.7 Å². The number of benzene rings is 2. The highest BCUT2D eigenvalue weighted by atomic mass is 79.9. The summed E-state index contributed by atoms with van der Waals surface area (Å²) in [5.74, 6) is 0. The number of hydrogen-bond acceptors (Lipinski definition) is 2. The molecule has 0 aliphatic carbocycles. The fourth-order valence-electron chi connectivity index (χ4n) is 1.55. The van der Waals surface area contributed by atoms with Crippen LogP contribution in [0.25, 0.3) is 0 Å². The van der Waals surface area contributed by atoms with E-state index in [0.29, 0.717) is 6.54 Å². The number of aryl methyl sites for hydroxylation is 1. The minimum absolute atomic E-state index is 0.681. The molecule has 0 aromatic heterocycles. The minimum Gasteiger partial charge on any atom is -0.306 e. The standard InChI is InChI=1S/C15H14BrClN2/c1-11-2-3-13(8-15(11)16)10-19-18-9-12-4-6-14(17)7-5-12/h2-8,10,18H,9H2,1H3/b19-10-. The highest BCUT2D eigenvalue weighted by Crippen LogP contribution is 2.16. The maximum atomic E-state index is 5.83. The summed E-state index contributed by atoms with van der Waals surface area (Å²) in [7, 11) is 0. The van der Waals surface area contributed by atoms with Crippen LogP contribution < -0.4 is 5.43 Å². The van der Waals surface area contributed by atoms with E-state index < -0.39 is 0 Å². The highest BCUT2D eigenvalue weighted by molar-refractivity contribution is 9.10. The van der Waals surface area contributed by atoms with Crippen LogP contribution in [0, 0.1) is 6.92 Å². The molecule has 0 fully saturated rings. The summed E-state index contributed by atoms with van der Waals surface area (Å²) >= 11 is 9.33. The topological polar surface area (TPSA) is 24.4 Å². The maximum absolute atomic E-state index is 5.83. The van der Waals surface area contributed by atoms with Crippen molar-refractivity contribution in [1.29, 1.82) is 0 Å². The molecule has 4 heteroatoms. The van der Waals surface area contributed by atoms with Gasteiger partial charge >= 0.3 is 0 Å². The Labute approximate surface area is 126 Å². The second-order valence-electron chi connectivity index (χ2n) is 4.23. The molecule has 2 aromatic rings. The van der Waals surface area contributed by atoms with Crippen LogP contribution >= 0.6 is 27.5 Å². The van der Waals surface area contributed by atoms with E-state index in [0.717, 1.165) is 20.6 Å². The van der Waals surface area contributed by atoms with E-state index in [4.69, 9.17) is 11.6 Å². The Morgan fingerprint density at radius 2 is 1.95 bits per heavy atom. The van der Waals surface area contributed by atoms with Crippen molar-refractivity contribution in [3.8, 4) is 0 Å². The van der Waals surface area contributed by atoms with E-state index in [-0.39, 0.29) is 0 Å². The molecular weight excluding hydrogens is 324 g/mol. The van der Waals surface area contributed by atoms with Gasteiger partial charge in [0.1, 0.15) is 0 Å². The SMILES string of the molecule is Cc1ccc(/C=N\NCc2ccc(Cl)cc2)cc1Br. The molecule has 2 nitrogen and oxygen atoms in total. The lowest BCUT2D eigenvalue weighted by Gasteiger charge is -2.02. The second kappa shape index (κ2) is 6.73. The fraction of sp³-hybridized carbons (Fsp3) is 0.133. The van der Waals surface area contributed by atoms with Crippen LogP contribution in [0.3, 0.4) is 0 Å². The third-order valence-electron chi connectivity index (χ3n) is 2.70. The summed E-state index contributed by atoms with van der Waals surface area (Å²) in [6, 6.07) is 13.8. The molecular formula is C15H14BrClN2. The van der Waals surface area contributed by atoms with Crippen LogP contribution in [0.4, 0.5) is 0 Å². The van der Waals surface area contributed by atoms with E-state index in [2.05, 4.69) is 39.4 Å². The van der Waals surface area contributed by atoms with Crippen LogP contribution in [-0.4, -0.2) is 6.21 Å². The lowest BCUT2D eigenvalue weighted by Crippen LogP contribution is -2.05.